The summed E-state index contributed by atoms with van der Waals surface area (Å²) in [5.41, 5.74) is 2.95. The number of ether oxygens (including phenoxy) is 1. The van der Waals surface area contributed by atoms with E-state index < -0.39 is 0 Å². The average molecular weight is 347 g/mol. The third-order valence-electron chi connectivity index (χ3n) is 3.68. The van der Waals surface area contributed by atoms with Gasteiger partial charge in [-0.25, -0.2) is 4.98 Å². The first kappa shape index (κ1) is 18.4. The minimum absolute atomic E-state index is 0.0421. The maximum absolute atomic E-state index is 12.2. The number of anilines is 1. The maximum Gasteiger partial charge on any atom is 0.234 e. The molecule has 130 valence electrons. The summed E-state index contributed by atoms with van der Waals surface area (Å²) in [5.74, 6) is 1.59. The van der Waals surface area contributed by atoms with Gasteiger partial charge in [-0.3, -0.25) is 4.79 Å². The van der Waals surface area contributed by atoms with Gasteiger partial charge in [-0.05, 0) is 44.0 Å². The van der Waals surface area contributed by atoms with Gasteiger partial charge < -0.3 is 14.6 Å². The van der Waals surface area contributed by atoms with E-state index in [4.69, 9.17) is 4.74 Å². The number of methoxy groups -OCH3 is 1. The van der Waals surface area contributed by atoms with Crippen LogP contribution in [-0.2, 0) is 11.3 Å². The van der Waals surface area contributed by atoms with Crippen molar-refractivity contribution < 1.29 is 9.53 Å². The fourth-order valence-electron chi connectivity index (χ4n) is 2.32. The number of thioether (sulfide) groups is 1. The first-order valence-electron chi connectivity index (χ1n) is 8.01. The number of benzene rings is 1. The topological polar surface area (TPSA) is 56.1 Å². The lowest BCUT2D eigenvalue weighted by atomic mass is 10.2. The normalized spacial score (nSPS) is 10.9. The predicted molar refractivity (Wildman–Crippen MR) is 98.9 cm³/mol. The molecule has 24 heavy (non-hydrogen) atoms. The van der Waals surface area contributed by atoms with Crippen LogP contribution in [0.3, 0.4) is 0 Å². The smallest absolute Gasteiger partial charge is 0.234 e. The Balaban J connectivity index is 1.97. The molecule has 1 aromatic heterocycles. The number of aromatic nitrogens is 2. The van der Waals surface area contributed by atoms with Gasteiger partial charge in [-0.1, -0.05) is 25.6 Å². The van der Waals surface area contributed by atoms with E-state index in [1.807, 2.05) is 31.2 Å². The number of imidazole rings is 1. The van der Waals surface area contributed by atoms with Crippen molar-refractivity contribution in [3.05, 3.63) is 35.7 Å². The molecule has 0 atom stereocenters. The summed E-state index contributed by atoms with van der Waals surface area (Å²) in [4.78, 5) is 16.8. The number of aryl methyl sites for hydroxylation is 1. The highest BCUT2D eigenvalue weighted by Gasteiger charge is 2.14. The van der Waals surface area contributed by atoms with E-state index in [0.717, 1.165) is 28.8 Å². The number of nitrogens with one attached hydrogen (secondary N) is 1. The van der Waals surface area contributed by atoms with E-state index in [-0.39, 0.29) is 5.91 Å². The summed E-state index contributed by atoms with van der Waals surface area (Å²) in [6.45, 7) is 9.36. The molecule has 0 fully saturated rings. The van der Waals surface area contributed by atoms with Gasteiger partial charge in [-0.2, -0.15) is 0 Å². The number of hydrogen-bond donors (Lipinski definition) is 1. The van der Waals surface area contributed by atoms with Crippen molar-refractivity contribution in [2.75, 3.05) is 18.2 Å². The number of nitrogens with zero attached hydrogens (tertiary/aromatic N) is 2. The third-order valence-corrected chi connectivity index (χ3v) is 4.65. The zero-order valence-electron chi connectivity index (χ0n) is 14.9. The lowest BCUT2D eigenvalue weighted by Gasteiger charge is -2.12. The monoisotopic (exact) mass is 347 g/mol. The number of amides is 1. The van der Waals surface area contributed by atoms with Crippen molar-refractivity contribution in [2.45, 2.75) is 39.4 Å². The highest BCUT2D eigenvalue weighted by molar-refractivity contribution is 7.99. The molecule has 0 radical (unpaired) electrons. The Morgan fingerprint density at radius 2 is 1.96 bits per heavy atom. The van der Waals surface area contributed by atoms with E-state index >= 15 is 0 Å². The van der Waals surface area contributed by atoms with Crippen molar-refractivity contribution in [3.63, 3.8) is 0 Å². The second-order valence-corrected chi connectivity index (χ2v) is 7.08. The third kappa shape index (κ3) is 4.77. The quantitative estimate of drug-likeness (QED) is 0.772. The number of carbonyl (C=O) groups is 1. The molecule has 0 aliphatic carbocycles. The summed E-state index contributed by atoms with van der Waals surface area (Å²) in [6, 6.07) is 7.31. The zero-order valence-corrected chi connectivity index (χ0v) is 15.7. The molecule has 1 amide bonds. The lowest BCUT2D eigenvalue weighted by molar-refractivity contribution is -0.113. The van der Waals surface area contributed by atoms with Crippen LogP contribution in [0.5, 0.6) is 5.75 Å². The number of rotatable bonds is 7. The average Bonchev–Trinajstić information content (AvgIpc) is 2.81. The Bertz CT molecular complexity index is 693. The van der Waals surface area contributed by atoms with Crippen molar-refractivity contribution in [2.24, 2.45) is 5.92 Å². The molecule has 1 heterocycles. The predicted octanol–water partition coefficient (Wildman–Crippen LogP) is 3.90. The Hall–Kier alpha value is -1.95. The highest BCUT2D eigenvalue weighted by Crippen LogP contribution is 2.23. The first-order chi connectivity index (χ1) is 11.4. The summed E-state index contributed by atoms with van der Waals surface area (Å²) in [7, 11) is 1.62. The molecule has 0 unspecified atom stereocenters. The second kappa shape index (κ2) is 8.24. The van der Waals surface area contributed by atoms with Crippen LogP contribution < -0.4 is 10.1 Å². The van der Waals surface area contributed by atoms with Gasteiger partial charge in [0.2, 0.25) is 5.91 Å². The Morgan fingerprint density at radius 3 is 2.54 bits per heavy atom. The van der Waals surface area contributed by atoms with Crippen LogP contribution in [-0.4, -0.2) is 28.3 Å². The Morgan fingerprint density at radius 1 is 1.29 bits per heavy atom. The molecule has 1 aromatic carbocycles. The fourth-order valence-corrected chi connectivity index (χ4v) is 3.22. The molecular weight excluding hydrogens is 322 g/mol. The Kier molecular flexibility index (Phi) is 6.31. The maximum atomic E-state index is 12.2. The van der Waals surface area contributed by atoms with E-state index in [9.17, 15) is 4.79 Å². The molecule has 0 saturated heterocycles. The molecular formula is C18H25N3O2S. The van der Waals surface area contributed by atoms with E-state index in [1.165, 1.54) is 17.5 Å². The number of carbonyl (C=O) groups excluding carboxylic acids is 1. The molecule has 6 heteroatoms. The molecule has 0 bridgehead atoms. The van der Waals surface area contributed by atoms with Crippen molar-refractivity contribution in [1.82, 2.24) is 9.55 Å². The van der Waals surface area contributed by atoms with Crippen LogP contribution in [0.4, 0.5) is 5.69 Å². The summed E-state index contributed by atoms with van der Waals surface area (Å²) >= 11 is 1.47. The zero-order chi connectivity index (χ0) is 17.7. The lowest BCUT2D eigenvalue weighted by Crippen LogP contribution is -2.15. The van der Waals surface area contributed by atoms with Crippen LogP contribution in [0.1, 0.15) is 25.2 Å². The van der Waals surface area contributed by atoms with Gasteiger partial charge in [0.15, 0.2) is 5.16 Å². The minimum Gasteiger partial charge on any atom is -0.497 e. The first-order valence-corrected chi connectivity index (χ1v) is 8.99. The van der Waals surface area contributed by atoms with E-state index in [2.05, 4.69) is 35.6 Å². The molecule has 5 nitrogen and oxygen atoms in total. The van der Waals surface area contributed by atoms with Crippen LogP contribution >= 0.6 is 11.8 Å². The molecule has 2 rings (SSSR count). The van der Waals surface area contributed by atoms with Crippen LogP contribution in [0.25, 0.3) is 0 Å². The molecule has 2 aromatic rings. The SMILES string of the molecule is COc1ccc(NC(=O)CSc2nc(C)c(C)n2CC(C)C)cc1. The van der Waals surface area contributed by atoms with Gasteiger partial charge in [-0.15, -0.1) is 0 Å². The van der Waals surface area contributed by atoms with Gasteiger partial charge >= 0.3 is 0 Å². The van der Waals surface area contributed by atoms with Gasteiger partial charge in [0.05, 0.1) is 18.6 Å². The largest absolute Gasteiger partial charge is 0.497 e. The standard InChI is InChI=1S/C18H25N3O2S/c1-12(2)10-21-14(4)13(3)19-18(21)24-11-17(22)20-15-6-8-16(23-5)9-7-15/h6-9,12H,10-11H2,1-5H3,(H,20,22). The van der Waals surface area contributed by atoms with Gasteiger partial charge in [0.25, 0.3) is 0 Å². The van der Waals surface area contributed by atoms with Gasteiger partial charge in [0, 0.05) is 17.9 Å². The number of hydrogen-bond acceptors (Lipinski definition) is 4. The molecule has 0 spiro atoms. The molecule has 1 N–H and O–H groups in total. The second-order valence-electron chi connectivity index (χ2n) is 6.14. The fraction of sp³-hybridized carbons (Fsp3) is 0.444. The van der Waals surface area contributed by atoms with Crippen LogP contribution in [0.2, 0.25) is 0 Å². The van der Waals surface area contributed by atoms with Crippen molar-refractivity contribution >= 4 is 23.4 Å². The van der Waals surface area contributed by atoms with Crippen molar-refractivity contribution in [3.8, 4) is 5.75 Å². The molecule has 0 aliphatic rings. The highest BCUT2D eigenvalue weighted by atomic mass is 32.2. The summed E-state index contributed by atoms with van der Waals surface area (Å²) in [6.07, 6.45) is 0. The van der Waals surface area contributed by atoms with E-state index in [0.29, 0.717) is 11.7 Å². The summed E-state index contributed by atoms with van der Waals surface area (Å²) in [5, 5.41) is 3.80. The molecule has 0 saturated carbocycles. The summed E-state index contributed by atoms with van der Waals surface area (Å²) < 4.78 is 7.31. The van der Waals surface area contributed by atoms with Crippen LogP contribution in [0.15, 0.2) is 29.4 Å². The van der Waals surface area contributed by atoms with Crippen LogP contribution in [0, 0.1) is 19.8 Å². The van der Waals surface area contributed by atoms with Gasteiger partial charge in [0.1, 0.15) is 5.75 Å². The Labute approximate surface area is 147 Å². The molecule has 0 aliphatic heterocycles. The minimum atomic E-state index is -0.0421. The van der Waals surface area contributed by atoms with Crippen molar-refractivity contribution in [1.29, 1.82) is 0 Å². The van der Waals surface area contributed by atoms with E-state index in [1.54, 1.807) is 7.11 Å².